The van der Waals surface area contributed by atoms with Crippen molar-refractivity contribution in [3.05, 3.63) is 35.4 Å². The lowest BCUT2D eigenvalue weighted by Crippen LogP contribution is -2.14. The second kappa shape index (κ2) is 7.05. The van der Waals surface area contributed by atoms with Crippen molar-refractivity contribution in [2.24, 2.45) is 0 Å². The first-order valence-electron chi connectivity index (χ1n) is 5.19. The molecule has 0 fully saturated rings. The Morgan fingerprint density at radius 3 is 2.47 bits per heavy atom. The van der Waals surface area contributed by atoms with Crippen molar-refractivity contribution in [2.75, 3.05) is 6.54 Å². The summed E-state index contributed by atoms with van der Waals surface area (Å²) in [5, 5.41) is 12.2. The molecule has 1 rings (SSSR count). The van der Waals surface area contributed by atoms with Crippen molar-refractivity contribution in [3.63, 3.8) is 0 Å². The molecule has 0 aliphatic carbocycles. The minimum atomic E-state index is 0.107. The summed E-state index contributed by atoms with van der Waals surface area (Å²) in [4.78, 5) is 0. The van der Waals surface area contributed by atoms with Crippen LogP contribution in [0.15, 0.2) is 24.3 Å². The number of unbranched alkanes of at least 4 members (excludes halogenated alkanes) is 1. The van der Waals surface area contributed by atoms with E-state index < -0.39 is 0 Å². The first-order chi connectivity index (χ1) is 7.36. The molecular weight excluding hydrogens is 186 g/mol. The Hall–Kier alpha value is -1.30. The van der Waals surface area contributed by atoms with Gasteiger partial charge in [-0.05, 0) is 24.1 Å². The summed E-state index contributed by atoms with van der Waals surface area (Å²) in [6.07, 6.45) is 7.00. The maximum absolute atomic E-state index is 8.87. The Morgan fingerprint density at radius 1 is 1.20 bits per heavy atom. The van der Waals surface area contributed by atoms with Crippen molar-refractivity contribution in [2.45, 2.75) is 26.0 Å². The first kappa shape index (κ1) is 11.8. The van der Waals surface area contributed by atoms with Gasteiger partial charge in [-0.25, -0.2) is 0 Å². The van der Waals surface area contributed by atoms with Gasteiger partial charge in [0.15, 0.2) is 0 Å². The normalized spacial score (nSPS) is 9.87. The fourth-order valence-corrected chi connectivity index (χ4v) is 1.31. The number of nitrogens with one attached hydrogen (secondary N) is 1. The lowest BCUT2D eigenvalue weighted by molar-refractivity contribution is 0.282. The second-order valence-corrected chi connectivity index (χ2v) is 3.46. The van der Waals surface area contributed by atoms with E-state index in [0.717, 1.165) is 31.5 Å². The Kier molecular flexibility index (Phi) is 5.54. The van der Waals surface area contributed by atoms with Gasteiger partial charge in [-0.1, -0.05) is 24.3 Å². The SMILES string of the molecule is C#CCCCNCc1ccc(CO)cc1. The van der Waals surface area contributed by atoms with Crippen molar-refractivity contribution < 1.29 is 5.11 Å². The van der Waals surface area contributed by atoms with Crippen molar-refractivity contribution in [1.82, 2.24) is 5.32 Å². The molecule has 2 heteroatoms. The number of benzene rings is 1. The molecule has 0 aromatic heterocycles. The molecule has 0 radical (unpaired) electrons. The summed E-state index contributed by atoms with van der Waals surface area (Å²) in [6, 6.07) is 7.94. The Labute approximate surface area is 91.3 Å². The molecule has 0 aliphatic heterocycles. The van der Waals surface area contributed by atoms with Crippen LogP contribution in [0.3, 0.4) is 0 Å². The molecule has 80 valence electrons. The van der Waals surface area contributed by atoms with Crippen LogP contribution in [0.4, 0.5) is 0 Å². The molecule has 1 aromatic rings. The van der Waals surface area contributed by atoms with E-state index in [2.05, 4.69) is 11.2 Å². The number of hydrogen-bond acceptors (Lipinski definition) is 2. The average Bonchev–Trinajstić information content (AvgIpc) is 2.30. The summed E-state index contributed by atoms with van der Waals surface area (Å²) in [5.74, 6) is 2.61. The van der Waals surface area contributed by atoms with Crippen LogP contribution in [0, 0.1) is 12.3 Å². The zero-order valence-corrected chi connectivity index (χ0v) is 8.87. The number of rotatable bonds is 6. The third kappa shape index (κ3) is 4.64. The van der Waals surface area contributed by atoms with Crippen LogP contribution in [0.1, 0.15) is 24.0 Å². The summed E-state index contributed by atoms with van der Waals surface area (Å²) in [5.41, 5.74) is 2.18. The highest BCUT2D eigenvalue weighted by Gasteiger charge is 1.93. The summed E-state index contributed by atoms with van der Waals surface area (Å²) in [7, 11) is 0. The van der Waals surface area contributed by atoms with Crippen LogP contribution >= 0.6 is 0 Å². The number of hydrogen-bond donors (Lipinski definition) is 2. The minimum Gasteiger partial charge on any atom is -0.392 e. The first-order valence-corrected chi connectivity index (χ1v) is 5.19. The van der Waals surface area contributed by atoms with Gasteiger partial charge in [0.1, 0.15) is 0 Å². The molecular formula is C13H17NO. The van der Waals surface area contributed by atoms with E-state index in [4.69, 9.17) is 11.5 Å². The molecule has 0 spiro atoms. The third-order valence-corrected chi connectivity index (χ3v) is 2.21. The van der Waals surface area contributed by atoms with Gasteiger partial charge in [-0.2, -0.15) is 0 Å². The van der Waals surface area contributed by atoms with E-state index in [1.54, 1.807) is 0 Å². The molecule has 0 unspecified atom stereocenters. The van der Waals surface area contributed by atoms with E-state index in [-0.39, 0.29) is 6.61 Å². The van der Waals surface area contributed by atoms with E-state index in [9.17, 15) is 0 Å². The molecule has 0 saturated heterocycles. The predicted molar refractivity (Wildman–Crippen MR) is 62.1 cm³/mol. The monoisotopic (exact) mass is 203 g/mol. The van der Waals surface area contributed by atoms with E-state index >= 15 is 0 Å². The van der Waals surface area contributed by atoms with Crippen LogP contribution in [0.2, 0.25) is 0 Å². The standard InChI is InChI=1S/C13H17NO/c1-2-3-4-9-14-10-12-5-7-13(11-15)8-6-12/h1,5-8,14-15H,3-4,9-11H2. The molecule has 1 aromatic carbocycles. The molecule has 0 amide bonds. The van der Waals surface area contributed by atoms with Crippen LogP contribution in [-0.2, 0) is 13.2 Å². The highest BCUT2D eigenvalue weighted by Crippen LogP contribution is 2.03. The van der Waals surface area contributed by atoms with E-state index in [1.807, 2.05) is 24.3 Å². The van der Waals surface area contributed by atoms with Crippen LogP contribution in [-0.4, -0.2) is 11.7 Å². The quantitative estimate of drug-likeness (QED) is 0.544. The van der Waals surface area contributed by atoms with Crippen molar-refractivity contribution in [1.29, 1.82) is 0 Å². The maximum Gasteiger partial charge on any atom is 0.0681 e. The van der Waals surface area contributed by atoms with Crippen molar-refractivity contribution >= 4 is 0 Å². The van der Waals surface area contributed by atoms with Gasteiger partial charge in [-0.15, -0.1) is 12.3 Å². The average molecular weight is 203 g/mol. The predicted octanol–water partition coefficient (Wildman–Crippen LogP) is 1.68. The fourth-order valence-electron chi connectivity index (χ4n) is 1.31. The summed E-state index contributed by atoms with van der Waals surface area (Å²) >= 11 is 0. The topological polar surface area (TPSA) is 32.3 Å². The lowest BCUT2D eigenvalue weighted by atomic mass is 10.1. The summed E-state index contributed by atoms with van der Waals surface area (Å²) < 4.78 is 0. The van der Waals surface area contributed by atoms with Gasteiger partial charge in [0.2, 0.25) is 0 Å². The zero-order valence-electron chi connectivity index (χ0n) is 8.87. The molecule has 0 aliphatic rings. The highest BCUT2D eigenvalue weighted by atomic mass is 16.3. The number of terminal acetylenes is 1. The molecule has 0 heterocycles. The Balaban J connectivity index is 2.23. The van der Waals surface area contributed by atoms with Gasteiger partial charge in [-0.3, -0.25) is 0 Å². The minimum absolute atomic E-state index is 0.107. The smallest absolute Gasteiger partial charge is 0.0681 e. The third-order valence-electron chi connectivity index (χ3n) is 2.21. The maximum atomic E-state index is 8.87. The highest BCUT2D eigenvalue weighted by molar-refractivity contribution is 5.21. The molecule has 0 bridgehead atoms. The number of aliphatic hydroxyl groups excluding tert-OH is 1. The van der Waals surface area contributed by atoms with Crippen LogP contribution < -0.4 is 5.32 Å². The van der Waals surface area contributed by atoms with Gasteiger partial charge in [0.05, 0.1) is 6.61 Å². The Bertz CT molecular complexity index is 310. The lowest BCUT2D eigenvalue weighted by Gasteiger charge is -2.04. The van der Waals surface area contributed by atoms with Crippen molar-refractivity contribution in [3.8, 4) is 12.3 Å². The van der Waals surface area contributed by atoms with Crippen LogP contribution in [0.5, 0.6) is 0 Å². The van der Waals surface area contributed by atoms with E-state index in [0.29, 0.717) is 0 Å². The molecule has 2 nitrogen and oxygen atoms in total. The van der Waals surface area contributed by atoms with Gasteiger partial charge in [0.25, 0.3) is 0 Å². The number of aliphatic hydroxyl groups is 1. The van der Waals surface area contributed by atoms with E-state index in [1.165, 1.54) is 5.56 Å². The fraction of sp³-hybridized carbons (Fsp3) is 0.385. The Morgan fingerprint density at radius 2 is 1.87 bits per heavy atom. The molecule has 15 heavy (non-hydrogen) atoms. The van der Waals surface area contributed by atoms with Gasteiger partial charge < -0.3 is 10.4 Å². The largest absolute Gasteiger partial charge is 0.392 e. The zero-order chi connectivity index (χ0) is 10.9. The molecule has 2 N–H and O–H groups in total. The van der Waals surface area contributed by atoms with Gasteiger partial charge in [0, 0.05) is 13.0 Å². The molecule has 0 atom stereocenters. The summed E-state index contributed by atoms with van der Waals surface area (Å²) in [6.45, 7) is 1.91. The molecule has 0 saturated carbocycles. The second-order valence-electron chi connectivity index (χ2n) is 3.46. The van der Waals surface area contributed by atoms with Crippen LogP contribution in [0.25, 0.3) is 0 Å². The van der Waals surface area contributed by atoms with Gasteiger partial charge >= 0.3 is 0 Å².